The van der Waals surface area contributed by atoms with Crippen molar-refractivity contribution < 1.29 is 29.3 Å². The minimum atomic E-state index is -2.19. The van der Waals surface area contributed by atoms with Crippen LogP contribution in [0.25, 0.3) is 0 Å². The number of guanidine groups is 2. The van der Waals surface area contributed by atoms with Crippen molar-refractivity contribution in [3.63, 3.8) is 0 Å². The van der Waals surface area contributed by atoms with E-state index in [0.717, 1.165) is 12.0 Å². The molecule has 2 aromatic rings. The molecular formula is C31H40N8O6. The van der Waals surface area contributed by atoms with E-state index in [0.29, 0.717) is 22.6 Å². The number of ether oxygens (including phenoxy) is 1. The fourth-order valence-corrected chi connectivity index (χ4v) is 6.23. The normalized spacial score (nSPS) is 23.6. The predicted octanol–water partition coefficient (Wildman–Crippen LogP) is 0.375. The van der Waals surface area contributed by atoms with Gasteiger partial charge in [-0.25, -0.2) is 14.8 Å². The lowest BCUT2D eigenvalue weighted by molar-refractivity contribution is -0.221. The Morgan fingerprint density at radius 2 is 1.64 bits per heavy atom. The Labute approximate surface area is 260 Å². The van der Waals surface area contributed by atoms with Crippen LogP contribution in [0.1, 0.15) is 65.5 Å². The minimum Gasteiger partial charge on any atom is -0.447 e. The number of benzene rings is 2. The number of aliphatic hydroxyl groups is 2. The Hall–Kier alpha value is -4.69. The summed E-state index contributed by atoms with van der Waals surface area (Å²) in [7, 11) is 0. The van der Waals surface area contributed by atoms with Crippen molar-refractivity contribution in [2.24, 2.45) is 27.4 Å². The van der Waals surface area contributed by atoms with E-state index in [2.05, 4.69) is 39.8 Å². The average molecular weight is 621 g/mol. The summed E-state index contributed by atoms with van der Waals surface area (Å²) in [5, 5.41) is 30.0. The molecule has 1 spiro atoms. The molecule has 2 aromatic carbocycles. The molecule has 9 N–H and O–H groups in total. The topological polar surface area (TPSA) is 217 Å². The first-order chi connectivity index (χ1) is 21.3. The predicted molar refractivity (Wildman–Crippen MR) is 166 cm³/mol. The van der Waals surface area contributed by atoms with Gasteiger partial charge in [-0.1, -0.05) is 50.2 Å². The van der Waals surface area contributed by atoms with E-state index in [1.165, 1.54) is 4.90 Å². The van der Waals surface area contributed by atoms with E-state index in [1.807, 2.05) is 6.92 Å². The number of nitrogens with one attached hydrogen (secondary N) is 3. The maximum absolute atomic E-state index is 13.0. The van der Waals surface area contributed by atoms with Gasteiger partial charge in [0, 0.05) is 42.2 Å². The molecule has 3 aliphatic rings. The second-order valence-electron chi connectivity index (χ2n) is 12.2. The van der Waals surface area contributed by atoms with Crippen LogP contribution in [0.4, 0.5) is 4.79 Å². The summed E-state index contributed by atoms with van der Waals surface area (Å²) in [6.45, 7) is 6.31. The molecule has 0 saturated carbocycles. The number of hydrogen-bond acceptors (Lipinski definition) is 12. The number of carbonyl (C=O) groups is 3. The molecule has 3 heterocycles. The second-order valence-corrected chi connectivity index (χ2v) is 12.2. The zero-order chi connectivity index (χ0) is 32.5. The minimum absolute atomic E-state index is 0.00293. The maximum Gasteiger partial charge on any atom is 0.407 e. The highest BCUT2D eigenvalue weighted by Crippen LogP contribution is 2.44. The monoisotopic (exact) mass is 620 g/mol. The van der Waals surface area contributed by atoms with E-state index in [9.17, 15) is 24.6 Å². The van der Waals surface area contributed by atoms with Crippen LogP contribution < -0.4 is 27.4 Å². The fraction of sp³-hybridized carbons (Fsp3) is 0.452. The Kier molecular flexibility index (Phi) is 8.72. The van der Waals surface area contributed by atoms with Gasteiger partial charge in [-0.2, -0.15) is 0 Å². The summed E-state index contributed by atoms with van der Waals surface area (Å²) < 4.78 is 5.38. The van der Waals surface area contributed by atoms with Crippen molar-refractivity contribution >= 4 is 29.7 Å². The number of alkyl carbamates (subject to hydrolysis) is 1. The zero-order valence-corrected chi connectivity index (χ0v) is 25.5. The first kappa shape index (κ1) is 31.7. The molecule has 0 aromatic heterocycles. The lowest BCUT2D eigenvalue weighted by Gasteiger charge is -2.48. The number of nitrogens with two attached hydrogens (primary N) is 2. The lowest BCUT2D eigenvalue weighted by atomic mass is 9.87. The summed E-state index contributed by atoms with van der Waals surface area (Å²) in [6, 6.07) is 11.7. The van der Waals surface area contributed by atoms with Gasteiger partial charge in [0.15, 0.2) is 23.4 Å². The molecule has 1 fully saturated rings. The number of aliphatic imine (C=N–C) groups is 2. The van der Waals surface area contributed by atoms with Gasteiger partial charge in [0.2, 0.25) is 5.79 Å². The smallest absolute Gasteiger partial charge is 0.407 e. The van der Waals surface area contributed by atoms with Gasteiger partial charge in [0.1, 0.15) is 18.7 Å². The lowest BCUT2D eigenvalue weighted by Crippen LogP contribution is -2.76. The zero-order valence-electron chi connectivity index (χ0n) is 25.5. The maximum atomic E-state index is 13.0. The fourth-order valence-electron chi connectivity index (χ4n) is 6.23. The Morgan fingerprint density at radius 3 is 2.29 bits per heavy atom. The van der Waals surface area contributed by atoms with Gasteiger partial charge in [-0.05, 0) is 37.0 Å². The van der Waals surface area contributed by atoms with Crippen LogP contribution >= 0.6 is 0 Å². The molecule has 5 rings (SSSR count). The molecule has 2 amide bonds. The van der Waals surface area contributed by atoms with E-state index in [4.69, 9.17) is 16.2 Å². The van der Waals surface area contributed by atoms with Crippen molar-refractivity contribution in [1.82, 2.24) is 20.9 Å². The van der Waals surface area contributed by atoms with E-state index >= 15 is 0 Å². The van der Waals surface area contributed by atoms with Crippen molar-refractivity contribution in [2.75, 3.05) is 13.2 Å². The van der Waals surface area contributed by atoms with Gasteiger partial charge in [-0.15, -0.1) is 0 Å². The highest BCUT2D eigenvalue weighted by Gasteiger charge is 2.69. The molecule has 4 unspecified atom stereocenters. The number of carbonyl (C=O) groups excluding carboxylic acids is 3. The van der Waals surface area contributed by atoms with Gasteiger partial charge >= 0.3 is 6.09 Å². The van der Waals surface area contributed by atoms with E-state index in [1.54, 1.807) is 48.5 Å². The highest BCUT2D eigenvalue weighted by molar-refractivity contribution is 6.09. The van der Waals surface area contributed by atoms with Gasteiger partial charge < -0.3 is 47.3 Å². The average Bonchev–Trinajstić information content (AvgIpc) is 3.49. The molecule has 1 saturated heterocycles. The number of ketones is 1. The molecule has 4 atom stereocenters. The van der Waals surface area contributed by atoms with Crippen LogP contribution in [0.15, 0.2) is 58.5 Å². The third kappa shape index (κ3) is 6.28. The van der Waals surface area contributed by atoms with Crippen molar-refractivity contribution in [3.8, 4) is 0 Å². The molecule has 240 valence electrons. The summed E-state index contributed by atoms with van der Waals surface area (Å²) in [5.74, 6) is -2.03. The van der Waals surface area contributed by atoms with Gasteiger partial charge in [0.05, 0.1) is 0 Å². The van der Waals surface area contributed by atoms with E-state index < -0.39 is 29.6 Å². The van der Waals surface area contributed by atoms with Crippen molar-refractivity contribution in [3.05, 3.63) is 70.8 Å². The summed E-state index contributed by atoms with van der Waals surface area (Å²) in [4.78, 5) is 48.2. The summed E-state index contributed by atoms with van der Waals surface area (Å²) >= 11 is 0. The summed E-state index contributed by atoms with van der Waals surface area (Å²) in [6.07, 6.45) is 0.148. The Morgan fingerprint density at radius 1 is 1.02 bits per heavy atom. The van der Waals surface area contributed by atoms with Crippen LogP contribution in [0.3, 0.4) is 0 Å². The van der Waals surface area contributed by atoms with Crippen molar-refractivity contribution in [1.29, 1.82) is 0 Å². The first-order valence-electron chi connectivity index (χ1n) is 14.9. The third-order valence-corrected chi connectivity index (χ3v) is 8.33. The van der Waals surface area contributed by atoms with Crippen LogP contribution in [-0.4, -0.2) is 87.5 Å². The van der Waals surface area contributed by atoms with Crippen LogP contribution in [0, 0.1) is 5.92 Å². The SMILES string of the molecule is CC(C)CC(C)NC(=O)c1ccc(C(=O)c2ccc(CNC(=O)OCC3N=C(N)N4CCC(O)(O)C45NC(N)=NC35)cc2)cc1. The van der Waals surface area contributed by atoms with Crippen LogP contribution in [0.2, 0.25) is 0 Å². The standard InChI is InChI=1S/C31H40N8O6/c1-17(2)14-18(3)35-26(41)22-10-8-21(9-11-22)24(40)20-6-4-19(5-7-20)15-34-29(42)45-16-23-25-31(38-27(32)37-25)30(43,44)12-13-39(31)28(33)36-23/h4-11,17-18,23,25,43-44H,12-16H2,1-3H3,(H2,33,36)(H,34,42)(H,35,41)(H3,32,37,38). The van der Waals surface area contributed by atoms with Gasteiger partial charge in [-0.3, -0.25) is 9.59 Å². The molecular weight excluding hydrogens is 580 g/mol. The van der Waals surface area contributed by atoms with Gasteiger partial charge in [0.25, 0.3) is 5.91 Å². The third-order valence-electron chi connectivity index (χ3n) is 8.33. The molecule has 0 bridgehead atoms. The number of nitrogens with zero attached hydrogens (tertiary/aromatic N) is 3. The molecule has 3 aliphatic heterocycles. The first-order valence-corrected chi connectivity index (χ1v) is 14.9. The highest BCUT2D eigenvalue weighted by atomic mass is 16.5. The molecule has 14 heteroatoms. The largest absolute Gasteiger partial charge is 0.447 e. The molecule has 0 aliphatic carbocycles. The van der Waals surface area contributed by atoms with Crippen molar-refractivity contribution in [2.45, 2.75) is 69.7 Å². The Bertz CT molecular complexity index is 1510. The van der Waals surface area contributed by atoms with Crippen LogP contribution in [0.5, 0.6) is 0 Å². The molecule has 45 heavy (non-hydrogen) atoms. The second kappa shape index (κ2) is 12.4. The molecule has 14 nitrogen and oxygen atoms in total. The van der Waals surface area contributed by atoms with Crippen LogP contribution in [-0.2, 0) is 11.3 Å². The number of rotatable bonds is 10. The summed E-state index contributed by atoms with van der Waals surface area (Å²) in [5.41, 5.74) is 12.6. The number of hydrogen-bond donors (Lipinski definition) is 7. The molecule has 0 radical (unpaired) electrons. The van der Waals surface area contributed by atoms with E-state index in [-0.39, 0.29) is 55.8 Å². The quantitative estimate of drug-likeness (QED) is 0.143. The Balaban J connectivity index is 1.12. The number of amides is 2.